The van der Waals surface area contributed by atoms with Gasteiger partial charge in [-0.2, -0.15) is 0 Å². The van der Waals surface area contributed by atoms with Crippen molar-refractivity contribution < 1.29 is 0 Å². The fourth-order valence-electron chi connectivity index (χ4n) is 8.70. The van der Waals surface area contributed by atoms with Gasteiger partial charge >= 0.3 is 0 Å². The van der Waals surface area contributed by atoms with Crippen molar-refractivity contribution >= 4 is 60.4 Å². The van der Waals surface area contributed by atoms with Crippen LogP contribution in [-0.2, 0) is 0 Å². The normalized spacial score (nSPS) is 11.4. The molecule has 0 bridgehead atoms. The summed E-state index contributed by atoms with van der Waals surface area (Å²) in [5.74, 6) is 0. The number of fused-ring (bicyclic) bond motifs is 6. The maximum atomic E-state index is 2.44. The van der Waals surface area contributed by atoms with Crippen LogP contribution in [0, 0.1) is 0 Å². The van der Waals surface area contributed by atoms with E-state index in [0.717, 1.165) is 22.7 Å². The minimum absolute atomic E-state index is 1.09. The first-order chi connectivity index (χ1) is 28.7. The monoisotopic (exact) mass is 738 g/mol. The summed E-state index contributed by atoms with van der Waals surface area (Å²) >= 11 is 0. The van der Waals surface area contributed by atoms with Crippen molar-refractivity contribution in [2.75, 3.05) is 4.90 Å². The van der Waals surface area contributed by atoms with Gasteiger partial charge < -0.3 is 9.47 Å². The quantitative estimate of drug-likeness (QED) is 0.158. The van der Waals surface area contributed by atoms with E-state index in [-0.39, 0.29) is 0 Å². The molecule has 0 aliphatic rings. The number of anilines is 3. The lowest BCUT2D eigenvalue weighted by Crippen LogP contribution is -2.10. The Kier molecular flexibility index (Phi) is 8.19. The summed E-state index contributed by atoms with van der Waals surface area (Å²) < 4.78 is 2.44. The highest BCUT2D eigenvalue weighted by Gasteiger charge is 2.17. The van der Waals surface area contributed by atoms with Gasteiger partial charge in [0.25, 0.3) is 0 Å². The second kappa shape index (κ2) is 14.1. The molecule has 11 rings (SSSR count). The van der Waals surface area contributed by atoms with Crippen molar-refractivity contribution in [3.63, 3.8) is 0 Å². The molecule has 0 unspecified atom stereocenters. The van der Waals surface area contributed by atoms with E-state index in [9.17, 15) is 0 Å². The molecule has 1 aromatic heterocycles. The topological polar surface area (TPSA) is 8.17 Å². The van der Waals surface area contributed by atoms with E-state index in [2.05, 4.69) is 240 Å². The van der Waals surface area contributed by atoms with Gasteiger partial charge in [-0.3, -0.25) is 0 Å². The third kappa shape index (κ3) is 5.91. The van der Waals surface area contributed by atoms with Crippen molar-refractivity contribution in [1.82, 2.24) is 4.57 Å². The summed E-state index contributed by atoms with van der Waals surface area (Å²) in [5.41, 5.74) is 14.0. The summed E-state index contributed by atoms with van der Waals surface area (Å²) in [4.78, 5) is 2.36. The molecule has 272 valence electrons. The lowest BCUT2D eigenvalue weighted by Gasteiger charge is -2.26. The Balaban J connectivity index is 0.993. The Morgan fingerprint density at radius 3 is 1.57 bits per heavy atom. The molecule has 11 aromatic rings. The van der Waals surface area contributed by atoms with Gasteiger partial charge in [0, 0.05) is 38.9 Å². The van der Waals surface area contributed by atoms with Gasteiger partial charge in [-0.1, -0.05) is 170 Å². The number of benzene rings is 10. The first kappa shape index (κ1) is 33.6. The van der Waals surface area contributed by atoms with Gasteiger partial charge in [0.05, 0.1) is 11.0 Å². The van der Waals surface area contributed by atoms with Crippen LogP contribution in [0.3, 0.4) is 0 Å². The standard InChI is InChI=1S/C56H38N2/c1-2-12-39(13-3-1)45-17-10-19-50(37-45)57(49-33-28-42(29-34-49)47-25-24-40-14-4-5-16-44(40)36-47)48-31-26-41(27-32-48)46-18-11-20-51(38-46)58-55-23-9-8-22-53(55)54-35-30-43-15-6-7-21-52(43)56(54)58/h1-38H. The highest BCUT2D eigenvalue weighted by atomic mass is 15.1. The van der Waals surface area contributed by atoms with Crippen LogP contribution in [-0.4, -0.2) is 4.57 Å². The van der Waals surface area contributed by atoms with Crippen LogP contribution < -0.4 is 4.90 Å². The van der Waals surface area contributed by atoms with E-state index < -0.39 is 0 Å². The average Bonchev–Trinajstić information content (AvgIpc) is 3.65. The fourth-order valence-corrected chi connectivity index (χ4v) is 8.70. The minimum Gasteiger partial charge on any atom is -0.310 e. The van der Waals surface area contributed by atoms with E-state index in [0.29, 0.717) is 0 Å². The molecule has 2 heteroatoms. The molecule has 1 heterocycles. The maximum absolute atomic E-state index is 2.44. The zero-order valence-corrected chi connectivity index (χ0v) is 31.8. The lowest BCUT2D eigenvalue weighted by atomic mass is 10.0. The van der Waals surface area contributed by atoms with Crippen molar-refractivity contribution in [3.05, 3.63) is 231 Å². The van der Waals surface area contributed by atoms with Crippen LogP contribution in [0.4, 0.5) is 17.1 Å². The maximum Gasteiger partial charge on any atom is 0.0619 e. The first-order valence-electron chi connectivity index (χ1n) is 19.9. The average molecular weight is 739 g/mol. The highest BCUT2D eigenvalue weighted by molar-refractivity contribution is 6.18. The zero-order chi connectivity index (χ0) is 38.4. The number of para-hydroxylation sites is 1. The van der Waals surface area contributed by atoms with E-state index in [4.69, 9.17) is 0 Å². The molecule has 0 fully saturated rings. The third-order valence-corrected chi connectivity index (χ3v) is 11.5. The van der Waals surface area contributed by atoms with Crippen molar-refractivity contribution in [2.24, 2.45) is 0 Å². The Labute approximate surface area is 338 Å². The summed E-state index contributed by atoms with van der Waals surface area (Å²) in [6.45, 7) is 0. The van der Waals surface area contributed by atoms with Gasteiger partial charge in [-0.15, -0.1) is 0 Å². The fraction of sp³-hybridized carbons (Fsp3) is 0. The highest BCUT2D eigenvalue weighted by Crippen LogP contribution is 2.40. The van der Waals surface area contributed by atoms with Crippen molar-refractivity contribution in [2.45, 2.75) is 0 Å². The SMILES string of the molecule is c1ccc(-c2cccc(N(c3ccc(-c4cccc(-n5c6ccccc6c6ccc7ccccc7c65)c4)cc3)c3ccc(-c4ccc5ccccc5c4)cc3)c2)cc1. The predicted molar refractivity (Wildman–Crippen MR) is 247 cm³/mol. The van der Waals surface area contributed by atoms with E-state index in [1.165, 1.54) is 76.7 Å². The van der Waals surface area contributed by atoms with Gasteiger partial charge in [0.2, 0.25) is 0 Å². The van der Waals surface area contributed by atoms with Crippen LogP contribution in [0.25, 0.3) is 82.4 Å². The molecule has 58 heavy (non-hydrogen) atoms. The van der Waals surface area contributed by atoms with Gasteiger partial charge in [-0.25, -0.2) is 0 Å². The van der Waals surface area contributed by atoms with E-state index in [1.54, 1.807) is 0 Å². The zero-order valence-electron chi connectivity index (χ0n) is 31.8. The molecule has 0 radical (unpaired) electrons. The second-order valence-electron chi connectivity index (χ2n) is 15.0. The number of aromatic nitrogens is 1. The number of hydrogen-bond donors (Lipinski definition) is 0. The molecule has 2 nitrogen and oxygen atoms in total. The molecule has 0 aliphatic heterocycles. The number of nitrogens with zero attached hydrogens (tertiary/aromatic N) is 2. The second-order valence-corrected chi connectivity index (χ2v) is 15.0. The number of rotatable bonds is 7. The first-order valence-corrected chi connectivity index (χ1v) is 19.9. The summed E-state index contributed by atoms with van der Waals surface area (Å²) in [6, 6.07) is 83.6. The molecule has 0 atom stereocenters. The molecule has 0 amide bonds. The minimum atomic E-state index is 1.09. The Bertz CT molecular complexity index is 3270. The molecule has 0 saturated carbocycles. The molecular weight excluding hydrogens is 701 g/mol. The van der Waals surface area contributed by atoms with Crippen LogP contribution in [0.1, 0.15) is 0 Å². The van der Waals surface area contributed by atoms with Crippen molar-refractivity contribution in [3.8, 4) is 39.1 Å². The summed E-state index contributed by atoms with van der Waals surface area (Å²) in [5, 5.41) is 7.53. The van der Waals surface area contributed by atoms with Gasteiger partial charge in [0.15, 0.2) is 0 Å². The van der Waals surface area contributed by atoms with Gasteiger partial charge in [0.1, 0.15) is 0 Å². The van der Waals surface area contributed by atoms with Crippen LogP contribution in [0.15, 0.2) is 231 Å². The summed E-state index contributed by atoms with van der Waals surface area (Å²) in [7, 11) is 0. The van der Waals surface area contributed by atoms with Crippen LogP contribution >= 0.6 is 0 Å². The smallest absolute Gasteiger partial charge is 0.0619 e. The van der Waals surface area contributed by atoms with Crippen LogP contribution in [0.5, 0.6) is 0 Å². The molecule has 0 aliphatic carbocycles. The molecule has 0 spiro atoms. The molecule has 10 aromatic carbocycles. The Morgan fingerprint density at radius 2 is 0.810 bits per heavy atom. The molecule has 0 saturated heterocycles. The Morgan fingerprint density at radius 1 is 0.276 bits per heavy atom. The molecule has 0 N–H and O–H groups in total. The van der Waals surface area contributed by atoms with Gasteiger partial charge in [-0.05, 0) is 110 Å². The predicted octanol–water partition coefficient (Wildman–Crippen LogP) is 15.6. The van der Waals surface area contributed by atoms with Crippen LogP contribution in [0.2, 0.25) is 0 Å². The lowest BCUT2D eigenvalue weighted by molar-refractivity contribution is 1.19. The van der Waals surface area contributed by atoms with Crippen molar-refractivity contribution in [1.29, 1.82) is 0 Å². The van der Waals surface area contributed by atoms with E-state index in [1.807, 2.05) is 0 Å². The Hall–Kier alpha value is -7.68. The summed E-state index contributed by atoms with van der Waals surface area (Å²) in [6.07, 6.45) is 0. The number of hydrogen-bond acceptors (Lipinski definition) is 1. The largest absolute Gasteiger partial charge is 0.310 e. The third-order valence-electron chi connectivity index (χ3n) is 11.5. The molecular formula is C56H38N2. The van der Waals surface area contributed by atoms with E-state index >= 15 is 0 Å².